The highest BCUT2D eigenvalue weighted by atomic mass is 19.1. The zero-order valence-corrected chi connectivity index (χ0v) is 27.3. The van der Waals surface area contributed by atoms with Crippen LogP contribution in [0.4, 0.5) is 9.18 Å². The smallest absolute Gasteiger partial charge is 0.406 e. The predicted octanol–water partition coefficient (Wildman–Crippen LogP) is 5.47. The second kappa shape index (κ2) is 17.0. The number of benzene rings is 3. The summed E-state index contributed by atoms with van der Waals surface area (Å²) in [5.74, 6) is -1.61. The van der Waals surface area contributed by atoms with Crippen molar-refractivity contribution in [1.29, 1.82) is 0 Å². The molecule has 2 amide bonds. The van der Waals surface area contributed by atoms with E-state index in [1.165, 1.54) is 13.2 Å². The molecule has 9 nitrogen and oxygen atoms in total. The van der Waals surface area contributed by atoms with Crippen LogP contribution in [-0.4, -0.2) is 60.8 Å². The van der Waals surface area contributed by atoms with Crippen molar-refractivity contribution in [3.8, 4) is 11.1 Å². The fraction of sp³-hybridized carbons (Fsp3) is 0.432. The number of hydrogen-bond donors (Lipinski definition) is 3. The lowest BCUT2D eigenvalue weighted by atomic mass is 9.72. The zero-order chi connectivity index (χ0) is 33.8. The van der Waals surface area contributed by atoms with Crippen molar-refractivity contribution in [2.75, 3.05) is 26.7 Å². The molecule has 0 aromatic heterocycles. The molecule has 1 saturated heterocycles. The molecule has 252 valence electrons. The van der Waals surface area contributed by atoms with Crippen molar-refractivity contribution in [1.82, 2.24) is 10.2 Å². The number of esters is 1. The Morgan fingerprint density at radius 2 is 1.83 bits per heavy atom. The average molecular weight is 648 g/mol. The quantitative estimate of drug-likeness (QED) is 0.156. The molecular weight excluding hydrogens is 601 g/mol. The molecule has 1 heterocycles. The van der Waals surface area contributed by atoms with E-state index in [1.54, 1.807) is 17.0 Å². The normalized spacial score (nSPS) is 16.5. The number of nitrogens with two attached hydrogens (primary N) is 1. The minimum Gasteiger partial charge on any atom is -0.460 e. The van der Waals surface area contributed by atoms with Crippen molar-refractivity contribution in [3.05, 3.63) is 95.3 Å². The predicted molar refractivity (Wildman–Crippen MR) is 178 cm³/mol. The van der Waals surface area contributed by atoms with E-state index in [0.29, 0.717) is 42.5 Å². The highest BCUT2D eigenvalue weighted by Gasteiger charge is 2.43. The van der Waals surface area contributed by atoms with Gasteiger partial charge in [0.25, 0.3) is 0 Å². The van der Waals surface area contributed by atoms with E-state index in [0.717, 1.165) is 17.5 Å². The monoisotopic (exact) mass is 647 g/mol. The molecule has 0 unspecified atom stereocenters. The number of likely N-dealkylation sites (tertiary alicyclic amines) is 1. The number of methoxy groups -OCH3 is 1. The zero-order valence-electron chi connectivity index (χ0n) is 27.3. The number of aryl methyl sites for hydroxylation is 1. The third-order valence-electron chi connectivity index (χ3n) is 8.94. The Balaban J connectivity index is 1.51. The lowest BCUT2D eigenvalue weighted by Gasteiger charge is -2.44. The number of ether oxygens (including phenoxy) is 2. The molecule has 1 fully saturated rings. The second-order valence-electron chi connectivity index (χ2n) is 12.1. The SMILES string of the molecule is CCc1cccc(-c2c(F)cccc2[C@](O)(CCCNC(=O)OC)[C@@H]2CCCN(C(=O)CC[C@H](N)C(=O)OCc3ccccc3)C2)c1. The number of piperidine rings is 1. The summed E-state index contributed by atoms with van der Waals surface area (Å²) in [4.78, 5) is 39.3. The van der Waals surface area contributed by atoms with Gasteiger partial charge in [-0.05, 0) is 66.8 Å². The fourth-order valence-corrected chi connectivity index (χ4v) is 6.29. The van der Waals surface area contributed by atoms with Crippen LogP contribution in [0.5, 0.6) is 0 Å². The average Bonchev–Trinajstić information content (AvgIpc) is 3.11. The number of nitrogens with one attached hydrogen (secondary N) is 1. The molecule has 0 radical (unpaired) electrons. The molecule has 3 aromatic rings. The number of amides is 2. The van der Waals surface area contributed by atoms with Crippen LogP contribution in [-0.2, 0) is 37.7 Å². The van der Waals surface area contributed by atoms with Gasteiger partial charge in [0.15, 0.2) is 0 Å². The van der Waals surface area contributed by atoms with Crippen molar-refractivity contribution < 1.29 is 33.4 Å². The standard InChI is InChI=1S/C37H46FN3O6/c1-3-26-13-7-14-28(23-26)34-30(16-8-17-31(34)38)37(45,20-10-21-40-36(44)46-2)29-15-9-22-41(24-29)33(42)19-18-32(39)35(43)47-25-27-11-5-4-6-12-27/h4-8,11-14,16-17,23,29,32,45H,3,9-10,15,18-22,24-25,39H2,1-2H3,(H,40,44)/t29-,32+,37+/m1/s1. The van der Waals surface area contributed by atoms with E-state index in [9.17, 15) is 19.5 Å². The van der Waals surface area contributed by atoms with Crippen LogP contribution in [0.25, 0.3) is 11.1 Å². The number of nitrogens with zero attached hydrogens (tertiary/aromatic N) is 1. The highest BCUT2D eigenvalue weighted by molar-refractivity contribution is 5.79. The van der Waals surface area contributed by atoms with Gasteiger partial charge in [-0.1, -0.05) is 73.7 Å². The molecule has 4 rings (SSSR count). The number of rotatable bonds is 14. The largest absolute Gasteiger partial charge is 0.460 e. The third-order valence-corrected chi connectivity index (χ3v) is 8.94. The lowest BCUT2D eigenvalue weighted by molar-refractivity contribution is -0.147. The minimum absolute atomic E-state index is 0.0465. The van der Waals surface area contributed by atoms with Gasteiger partial charge in [-0.2, -0.15) is 0 Å². The lowest BCUT2D eigenvalue weighted by Crippen LogP contribution is -2.49. The van der Waals surface area contributed by atoms with Gasteiger partial charge in [-0.3, -0.25) is 9.59 Å². The van der Waals surface area contributed by atoms with Crippen molar-refractivity contribution in [3.63, 3.8) is 0 Å². The summed E-state index contributed by atoms with van der Waals surface area (Å²) in [7, 11) is 1.28. The molecule has 4 N–H and O–H groups in total. The van der Waals surface area contributed by atoms with Gasteiger partial charge in [-0.25, -0.2) is 9.18 Å². The molecule has 0 aliphatic carbocycles. The van der Waals surface area contributed by atoms with Crippen molar-refractivity contribution >= 4 is 18.0 Å². The topological polar surface area (TPSA) is 131 Å². The van der Waals surface area contributed by atoms with E-state index in [4.69, 9.17) is 10.5 Å². The summed E-state index contributed by atoms with van der Waals surface area (Å²) in [6.45, 7) is 3.13. The summed E-state index contributed by atoms with van der Waals surface area (Å²) in [5.41, 5.74) is 7.89. The van der Waals surface area contributed by atoms with Crippen LogP contribution < -0.4 is 11.1 Å². The van der Waals surface area contributed by atoms with Gasteiger partial charge in [0.1, 0.15) is 18.5 Å². The van der Waals surface area contributed by atoms with E-state index in [-0.39, 0.29) is 44.9 Å². The van der Waals surface area contributed by atoms with E-state index >= 15 is 4.39 Å². The first-order chi connectivity index (χ1) is 22.7. The maximum Gasteiger partial charge on any atom is 0.406 e. The van der Waals surface area contributed by atoms with Crippen molar-refractivity contribution in [2.24, 2.45) is 11.7 Å². The summed E-state index contributed by atoms with van der Waals surface area (Å²) in [6, 6.07) is 20.7. The Labute approximate surface area is 276 Å². The van der Waals surface area contributed by atoms with E-state index in [1.807, 2.05) is 61.5 Å². The Morgan fingerprint density at radius 1 is 1.09 bits per heavy atom. The van der Waals surface area contributed by atoms with Gasteiger partial charge in [-0.15, -0.1) is 0 Å². The third kappa shape index (κ3) is 9.39. The summed E-state index contributed by atoms with van der Waals surface area (Å²) in [6.07, 6.45) is 2.22. The number of aliphatic hydroxyl groups is 1. The first-order valence-electron chi connectivity index (χ1n) is 16.3. The molecule has 47 heavy (non-hydrogen) atoms. The maximum atomic E-state index is 15.7. The highest BCUT2D eigenvalue weighted by Crippen LogP contribution is 2.44. The maximum absolute atomic E-state index is 15.7. The molecule has 3 aromatic carbocycles. The van der Waals surface area contributed by atoms with Gasteiger partial charge < -0.3 is 30.5 Å². The summed E-state index contributed by atoms with van der Waals surface area (Å²) >= 11 is 0. The molecule has 1 aliphatic rings. The molecule has 10 heteroatoms. The van der Waals surface area contributed by atoms with Crippen LogP contribution in [0, 0.1) is 11.7 Å². The number of carbonyl (C=O) groups excluding carboxylic acids is 3. The second-order valence-corrected chi connectivity index (χ2v) is 12.1. The van der Waals surface area contributed by atoms with Crippen LogP contribution in [0.15, 0.2) is 72.8 Å². The Morgan fingerprint density at radius 3 is 2.57 bits per heavy atom. The number of carbonyl (C=O) groups is 3. The molecule has 0 saturated carbocycles. The number of alkyl carbamates (subject to hydrolysis) is 1. The number of halogens is 1. The molecule has 0 spiro atoms. The first kappa shape index (κ1) is 35.6. The Hall–Kier alpha value is -4.28. The van der Waals surface area contributed by atoms with Gasteiger partial charge >= 0.3 is 12.1 Å². The van der Waals surface area contributed by atoms with Gasteiger partial charge in [0.05, 0.1) is 12.7 Å². The van der Waals surface area contributed by atoms with Crippen LogP contribution in [0.1, 0.15) is 62.1 Å². The Bertz CT molecular complexity index is 1500. The summed E-state index contributed by atoms with van der Waals surface area (Å²) in [5, 5.41) is 15.3. The summed E-state index contributed by atoms with van der Waals surface area (Å²) < 4.78 is 25.7. The Kier molecular flexibility index (Phi) is 12.9. The van der Waals surface area contributed by atoms with E-state index < -0.39 is 35.4 Å². The van der Waals surface area contributed by atoms with Crippen molar-refractivity contribution in [2.45, 2.75) is 70.1 Å². The molecule has 3 atom stereocenters. The van der Waals surface area contributed by atoms with Crippen LogP contribution >= 0.6 is 0 Å². The fourth-order valence-electron chi connectivity index (χ4n) is 6.29. The molecule has 0 bridgehead atoms. The van der Waals surface area contributed by atoms with Gasteiger partial charge in [0, 0.05) is 37.5 Å². The van der Waals surface area contributed by atoms with Crippen LogP contribution in [0.2, 0.25) is 0 Å². The number of hydrogen-bond acceptors (Lipinski definition) is 7. The molecular formula is C37H46FN3O6. The minimum atomic E-state index is -1.52. The van der Waals surface area contributed by atoms with Gasteiger partial charge in [0.2, 0.25) is 5.91 Å². The molecule has 1 aliphatic heterocycles. The van der Waals surface area contributed by atoms with Crippen LogP contribution in [0.3, 0.4) is 0 Å². The first-order valence-corrected chi connectivity index (χ1v) is 16.3. The van der Waals surface area contributed by atoms with E-state index in [2.05, 4.69) is 10.1 Å².